The van der Waals surface area contributed by atoms with Gasteiger partial charge in [-0.05, 0) is 41.5 Å². The Morgan fingerprint density at radius 2 is 2.21 bits per heavy atom. The molecule has 0 amide bonds. The van der Waals surface area contributed by atoms with Gasteiger partial charge in [0, 0.05) is 0 Å². The van der Waals surface area contributed by atoms with E-state index in [1.807, 2.05) is 0 Å². The normalized spacial score (nSPS) is 24.8. The summed E-state index contributed by atoms with van der Waals surface area (Å²) in [6, 6.07) is 6.50. The molecule has 0 aliphatic heterocycles. The molecule has 0 N–H and O–H groups in total. The van der Waals surface area contributed by atoms with E-state index in [-0.39, 0.29) is 0 Å². The molecule has 1 aliphatic rings. The van der Waals surface area contributed by atoms with Gasteiger partial charge in [0.05, 0.1) is 7.11 Å². The molecule has 1 aromatic rings. The molecule has 0 heterocycles. The first-order valence-electron chi connectivity index (χ1n) is 5.43. The summed E-state index contributed by atoms with van der Waals surface area (Å²) in [5.41, 5.74) is 3.02. The maximum Gasteiger partial charge on any atom is 0.119 e. The molecule has 1 aliphatic carbocycles. The lowest BCUT2D eigenvalue weighted by Gasteiger charge is -2.13. The zero-order valence-electron chi connectivity index (χ0n) is 9.21. The summed E-state index contributed by atoms with van der Waals surface area (Å²) in [4.78, 5) is 0. The number of hydrogen-bond donors (Lipinski definition) is 0. The van der Waals surface area contributed by atoms with Crippen molar-refractivity contribution >= 4 is 0 Å². The molecule has 0 saturated carbocycles. The van der Waals surface area contributed by atoms with Crippen molar-refractivity contribution in [1.29, 1.82) is 0 Å². The van der Waals surface area contributed by atoms with E-state index < -0.39 is 0 Å². The van der Waals surface area contributed by atoms with Gasteiger partial charge in [-0.2, -0.15) is 0 Å². The SMILES string of the molecule is CCC1Cc2ccc(OC)cc2C1C. The second-order valence-corrected chi connectivity index (χ2v) is 4.23. The van der Waals surface area contributed by atoms with Crippen molar-refractivity contribution in [2.75, 3.05) is 7.11 Å². The molecule has 14 heavy (non-hydrogen) atoms. The van der Waals surface area contributed by atoms with E-state index in [0.29, 0.717) is 5.92 Å². The first-order valence-corrected chi connectivity index (χ1v) is 5.43. The Bertz CT molecular complexity index is 330. The van der Waals surface area contributed by atoms with Gasteiger partial charge in [0.2, 0.25) is 0 Å². The summed E-state index contributed by atoms with van der Waals surface area (Å²) in [6.45, 7) is 4.61. The molecule has 0 radical (unpaired) electrons. The largest absolute Gasteiger partial charge is 0.497 e. The fourth-order valence-electron chi connectivity index (χ4n) is 2.52. The zero-order valence-corrected chi connectivity index (χ0v) is 9.21. The molecule has 76 valence electrons. The van der Waals surface area contributed by atoms with Crippen LogP contribution < -0.4 is 4.74 Å². The molecular formula is C13H18O. The van der Waals surface area contributed by atoms with Gasteiger partial charge in [0.1, 0.15) is 5.75 Å². The van der Waals surface area contributed by atoms with Gasteiger partial charge in [-0.1, -0.05) is 26.3 Å². The van der Waals surface area contributed by atoms with Crippen LogP contribution in [0.5, 0.6) is 5.75 Å². The van der Waals surface area contributed by atoms with Crippen molar-refractivity contribution < 1.29 is 4.74 Å². The van der Waals surface area contributed by atoms with E-state index >= 15 is 0 Å². The monoisotopic (exact) mass is 190 g/mol. The van der Waals surface area contributed by atoms with Crippen molar-refractivity contribution in [3.05, 3.63) is 29.3 Å². The maximum absolute atomic E-state index is 5.26. The molecule has 2 atom stereocenters. The van der Waals surface area contributed by atoms with Gasteiger partial charge in [-0.15, -0.1) is 0 Å². The van der Waals surface area contributed by atoms with Crippen LogP contribution in [0.2, 0.25) is 0 Å². The van der Waals surface area contributed by atoms with Crippen molar-refractivity contribution in [2.24, 2.45) is 5.92 Å². The number of ether oxygens (including phenoxy) is 1. The lowest BCUT2D eigenvalue weighted by atomic mass is 9.92. The van der Waals surface area contributed by atoms with E-state index in [9.17, 15) is 0 Å². The first kappa shape index (κ1) is 9.57. The molecule has 0 spiro atoms. The average Bonchev–Trinajstić information content (AvgIpc) is 2.55. The molecule has 0 bridgehead atoms. The van der Waals surface area contributed by atoms with Crippen LogP contribution in [-0.4, -0.2) is 7.11 Å². The van der Waals surface area contributed by atoms with Crippen molar-refractivity contribution in [3.63, 3.8) is 0 Å². The van der Waals surface area contributed by atoms with Crippen LogP contribution in [0.4, 0.5) is 0 Å². The molecule has 0 fully saturated rings. The van der Waals surface area contributed by atoms with E-state index in [4.69, 9.17) is 4.74 Å². The van der Waals surface area contributed by atoms with Crippen LogP contribution in [-0.2, 0) is 6.42 Å². The minimum atomic E-state index is 0.699. The smallest absolute Gasteiger partial charge is 0.119 e. The Morgan fingerprint density at radius 1 is 1.43 bits per heavy atom. The summed E-state index contributed by atoms with van der Waals surface area (Å²) in [5.74, 6) is 2.52. The van der Waals surface area contributed by atoms with Gasteiger partial charge in [-0.3, -0.25) is 0 Å². The highest BCUT2D eigenvalue weighted by molar-refractivity contribution is 5.41. The number of benzene rings is 1. The minimum absolute atomic E-state index is 0.699. The van der Waals surface area contributed by atoms with Gasteiger partial charge in [0.15, 0.2) is 0 Å². The molecule has 1 nitrogen and oxygen atoms in total. The third-order valence-corrected chi connectivity index (χ3v) is 3.56. The summed E-state index contributed by atoms with van der Waals surface area (Å²) in [7, 11) is 1.73. The lowest BCUT2D eigenvalue weighted by molar-refractivity contribution is 0.413. The molecule has 1 heteroatoms. The van der Waals surface area contributed by atoms with Crippen LogP contribution >= 0.6 is 0 Å². The standard InChI is InChI=1S/C13H18O/c1-4-10-7-11-5-6-12(14-3)8-13(11)9(10)2/h5-6,8-10H,4,7H2,1-3H3. The highest BCUT2D eigenvalue weighted by Gasteiger charge is 2.27. The van der Waals surface area contributed by atoms with Gasteiger partial charge < -0.3 is 4.74 Å². The van der Waals surface area contributed by atoms with Crippen LogP contribution in [0.1, 0.15) is 37.3 Å². The lowest BCUT2D eigenvalue weighted by Crippen LogP contribution is -2.01. The predicted molar refractivity (Wildman–Crippen MR) is 58.9 cm³/mol. The molecule has 0 aromatic heterocycles. The van der Waals surface area contributed by atoms with Crippen LogP contribution in [0.15, 0.2) is 18.2 Å². The number of fused-ring (bicyclic) bond motifs is 1. The molecule has 1 aromatic carbocycles. The van der Waals surface area contributed by atoms with Gasteiger partial charge in [-0.25, -0.2) is 0 Å². The van der Waals surface area contributed by atoms with Crippen LogP contribution in [0.25, 0.3) is 0 Å². The third-order valence-electron chi connectivity index (χ3n) is 3.56. The maximum atomic E-state index is 5.26. The highest BCUT2D eigenvalue weighted by Crippen LogP contribution is 2.40. The highest BCUT2D eigenvalue weighted by atomic mass is 16.5. The van der Waals surface area contributed by atoms with Crippen molar-refractivity contribution in [2.45, 2.75) is 32.6 Å². The Hall–Kier alpha value is -0.980. The summed E-state index contributed by atoms with van der Waals surface area (Å²) in [6.07, 6.45) is 2.52. The first-order chi connectivity index (χ1) is 6.76. The zero-order chi connectivity index (χ0) is 10.1. The minimum Gasteiger partial charge on any atom is -0.497 e. The Morgan fingerprint density at radius 3 is 2.86 bits per heavy atom. The Balaban J connectivity index is 2.35. The topological polar surface area (TPSA) is 9.23 Å². The van der Waals surface area contributed by atoms with Crippen LogP contribution in [0, 0.1) is 5.92 Å². The molecular weight excluding hydrogens is 172 g/mol. The Labute approximate surface area is 86.1 Å². The van der Waals surface area contributed by atoms with Crippen LogP contribution in [0.3, 0.4) is 0 Å². The summed E-state index contributed by atoms with van der Waals surface area (Å²) in [5, 5.41) is 0. The second-order valence-electron chi connectivity index (χ2n) is 4.23. The van der Waals surface area contributed by atoms with Gasteiger partial charge in [0.25, 0.3) is 0 Å². The fourth-order valence-corrected chi connectivity index (χ4v) is 2.52. The molecule has 2 rings (SSSR count). The summed E-state index contributed by atoms with van der Waals surface area (Å²) >= 11 is 0. The van der Waals surface area contributed by atoms with Crippen molar-refractivity contribution in [3.8, 4) is 5.75 Å². The van der Waals surface area contributed by atoms with Crippen molar-refractivity contribution in [1.82, 2.24) is 0 Å². The average molecular weight is 190 g/mol. The van der Waals surface area contributed by atoms with E-state index in [0.717, 1.165) is 11.7 Å². The Kier molecular flexibility index (Phi) is 2.49. The summed E-state index contributed by atoms with van der Waals surface area (Å²) < 4.78 is 5.26. The van der Waals surface area contributed by atoms with E-state index in [1.54, 1.807) is 7.11 Å². The predicted octanol–water partition coefficient (Wildman–Crippen LogP) is 3.38. The van der Waals surface area contributed by atoms with E-state index in [2.05, 4.69) is 32.0 Å². The second kappa shape index (κ2) is 3.64. The number of hydrogen-bond acceptors (Lipinski definition) is 1. The number of methoxy groups -OCH3 is 1. The third kappa shape index (κ3) is 1.41. The fraction of sp³-hybridized carbons (Fsp3) is 0.538. The van der Waals surface area contributed by atoms with Gasteiger partial charge >= 0.3 is 0 Å². The van der Waals surface area contributed by atoms with E-state index in [1.165, 1.54) is 24.0 Å². The quantitative estimate of drug-likeness (QED) is 0.694. The molecule has 0 saturated heterocycles. The number of rotatable bonds is 2. The molecule has 2 unspecified atom stereocenters.